The maximum Gasteiger partial charge on any atom is 0.336 e. The molecule has 0 heterocycles. The molecule has 1 rings (SSSR count). The molecule has 0 aliphatic rings. The third-order valence-electron chi connectivity index (χ3n) is 1.72. The summed E-state index contributed by atoms with van der Waals surface area (Å²) in [5.41, 5.74) is 0.239. The lowest BCUT2D eigenvalue weighted by Crippen LogP contribution is -2.00. The number of halogens is 1. The Bertz CT molecular complexity index is 355. The Morgan fingerprint density at radius 3 is 2.93 bits per heavy atom. The van der Waals surface area contributed by atoms with E-state index in [1.54, 1.807) is 19.2 Å². The first-order valence-corrected chi connectivity index (χ1v) is 5.66. The smallest absolute Gasteiger partial charge is 0.336 e. The number of benzene rings is 1. The number of carboxylic acids is 1. The fraction of sp³-hybridized carbons (Fsp3) is 0.300. The zero-order chi connectivity index (χ0) is 11.3. The predicted octanol–water partition coefficient (Wildman–Crippen LogP) is 2.78. The monoisotopic (exact) mass is 246 g/mol. The van der Waals surface area contributed by atoms with Crippen LogP contribution in [-0.2, 0) is 4.74 Å². The second-order valence-corrected chi connectivity index (χ2v) is 4.36. The van der Waals surface area contributed by atoms with Crippen molar-refractivity contribution in [1.29, 1.82) is 0 Å². The Kier molecular flexibility index (Phi) is 4.94. The molecule has 0 aromatic heterocycles. The van der Waals surface area contributed by atoms with Gasteiger partial charge in [-0.25, -0.2) is 4.79 Å². The first kappa shape index (κ1) is 12.4. The lowest BCUT2D eigenvalue weighted by atomic mass is 10.2. The van der Waals surface area contributed by atoms with Crippen LogP contribution in [0.25, 0.3) is 0 Å². The van der Waals surface area contributed by atoms with Crippen LogP contribution in [0.15, 0.2) is 23.1 Å². The molecule has 0 saturated heterocycles. The second-order valence-electron chi connectivity index (χ2n) is 2.79. The van der Waals surface area contributed by atoms with Crippen LogP contribution in [0.4, 0.5) is 0 Å². The van der Waals surface area contributed by atoms with Crippen molar-refractivity contribution in [2.75, 3.05) is 19.5 Å². The average Bonchev–Trinajstić information content (AvgIpc) is 2.20. The van der Waals surface area contributed by atoms with Crippen molar-refractivity contribution in [3.8, 4) is 0 Å². The number of methoxy groups -OCH3 is 1. The Labute approximate surface area is 97.4 Å². The predicted molar refractivity (Wildman–Crippen MR) is 61.0 cm³/mol. The lowest BCUT2D eigenvalue weighted by Gasteiger charge is -2.05. The number of ether oxygens (including phenoxy) is 1. The molecule has 0 unspecified atom stereocenters. The SMILES string of the molecule is COCCSc1ccc(Cl)cc1C(=O)O. The molecule has 0 aliphatic heterocycles. The zero-order valence-corrected chi connectivity index (χ0v) is 9.77. The summed E-state index contributed by atoms with van der Waals surface area (Å²) in [6.07, 6.45) is 0. The molecule has 1 N–H and O–H groups in total. The fourth-order valence-electron chi connectivity index (χ4n) is 1.03. The Morgan fingerprint density at radius 2 is 2.33 bits per heavy atom. The minimum absolute atomic E-state index is 0.239. The van der Waals surface area contributed by atoms with Crippen LogP contribution in [0.5, 0.6) is 0 Å². The highest BCUT2D eigenvalue weighted by atomic mass is 35.5. The van der Waals surface area contributed by atoms with Crippen molar-refractivity contribution in [3.05, 3.63) is 28.8 Å². The van der Waals surface area contributed by atoms with Gasteiger partial charge in [0.25, 0.3) is 0 Å². The number of aromatic carboxylic acids is 1. The van der Waals surface area contributed by atoms with Crippen molar-refractivity contribution < 1.29 is 14.6 Å². The molecule has 5 heteroatoms. The van der Waals surface area contributed by atoms with Crippen LogP contribution >= 0.6 is 23.4 Å². The number of thioether (sulfide) groups is 1. The van der Waals surface area contributed by atoms with E-state index in [0.717, 1.165) is 5.75 Å². The van der Waals surface area contributed by atoms with Gasteiger partial charge in [-0.3, -0.25) is 0 Å². The topological polar surface area (TPSA) is 46.5 Å². The Hall–Kier alpha value is -0.710. The van der Waals surface area contributed by atoms with Crippen LogP contribution in [0, 0.1) is 0 Å². The number of hydrogen-bond acceptors (Lipinski definition) is 3. The van der Waals surface area contributed by atoms with Gasteiger partial charge in [0.1, 0.15) is 0 Å². The summed E-state index contributed by atoms with van der Waals surface area (Å²) < 4.78 is 4.89. The summed E-state index contributed by atoms with van der Waals surface area (Å²) in [5.74, 6) is -0.240. The maximum absolute atomic E-state index is 10.9. The molecule has 0 spiro atoms. The lowest BCUT2D eigenvalue weighted by molar-refractivity contribution is 0.0693. The van der Waals surface area contributed by atoms with Gasteiger partial charge in [0, 0.05) is 22.8 Å². The maximum atomic E-state index is 10.9. The van der Waals surface area contributed by atoms with Gasteiger partial charge >= 0.3 is 5.97 Å². The minimum Gasteiger partial charge on any atom is -0.478 e. The molecular weight excluding hydrogens is 236 g/mol. The van der Waals surface area contributed by atoms with Crippen molar-refractivity contribution in [1.82, 2.24) is 0 Å². The standard InChI is InChI=1S/C10H11ClO3S/c1-14-4-5-15-9-3-2-7(11)6-8(9)10(12)13/h2-3,6H,4-5H2,1H3,(H,12,13). The van der Waals surface area contributed by atoms with Crippen molar-refractivity contribution in [2.45, 2.75) is 4.90 Å². The van der Waals surface area contributed by atoms with Gasteiger partial charge in [0.15, 0.2) is 0 Å². The average molecular weight is 247 g/mol. The van der Waals surface area contributed by atoms with Crippen molar-refractivity contribution >= 4 is 29.3 Å². The van der Waals surface area contributed by atoms with Crippen LogP contribution < -0.4 is 0 Å². The van der Waals surface area contributed by atoms with E-state index in [-0.39, 0.29) is 5.56 Å². The molecular formula is C10H11ClO3S. The number of rotatable bonds is 5. The molecule has 1 aromatic carbocycles. The van der Waals surface area contributed by atoms with Gasteiger partial charge < -0.3 is 9.84 Å². The molecule has 0 aliphatic carbocycles. The molecule has 15 heavy (non-hydrogen) atoms. The molecule has 0 fully saturated rings. The largest absolute Gasteiger partial charge is 0.478 e. The van der Waals surface area contributed by atoms with E-state index in [4.69, 9.17) is 21.4 Å². The van der Waals surface area contributed by atoms with Crippen molar-refractivity contribution in [3.63, 3.8) is 0 Å². The van der Waals surface area contributed by atoms with E-state index in [9.17, 15) is 4.79 Å². The molecule has 82 valence electrons. The van der Waals surface area contributed by atoms with E-state index in [2.05, 4.69) is 0 Å². The summed E-state index contributed by atoms with van der Waals surface area (Å²) in [7, 11) is 1.61. The first-order valence-electron chi connectivity index (χ1n) is 4.29. The van der Waals surface area contributed by atoms with E-state index >= 15 is 0 Å². The van der Waals surface area contributed by atoms with E-state index < -0.39 is 5.97 Å². The summed E-state index contributed by atoms with van der Waals surface area (Å²) >= 11 is 7.17. The Balaban J connectivity index is 2.81. The highest BCUT2D eigenvalue weighted by Crippen LogP contribution is 2.25. The number of carbonyl (C=O) groups is 1. The second kappa shape index (κ2) is 6.00. The number of hydrogen-bond donors (Lipinski definition) is 1. The van der Waals surface area contributed by atoms with Gasteiger partial charge in [-0.2, -0.15) is 0 Å². The fourth-order valence-corrected chi connectivity index (χ4v) is 2.14. The molecule has 0 radical (unpaired) electrons. The van der Waals surface area contributed by atoms with Crippen LogP contribution in [0.2, 0.25) is 5.02 Å². The van der Waals surface area contributed by atoms with E-state index in [1.165, 1.54) is 17.8 Å². The summed E-state index contributed by atoms with van der Waals surface area (Å²) in [6, 6.07) is 4.86. The molecule has 3 nitrogen and oxygen atoms in total. The number of carboxylic acid groups (broad SMARTS) is 1. The normalized spacial score (nSPS) is 10.3. The van der Waals surface area contributed by atoms with E-state index in [1.807, 2.05) is 0 Å². The van der Waals surface area contributed by atoms with Crippen LogP contribution in [-0.4, -0.2) is 30.5 Å². The Morgan fingerprint density at radius 1 is 1.60 bits per heavy atom. The minimum atomic E-state index is -0.961. The third kappa shape index (κ3) is 3.74. The molecule has 1 aromatic rings. The summed E-state index contributed by atoms with van der Waals surface area (Å²) in [5, 5.41) is 9.38. The molecule has 0 amide bonds. The summed E-state index contributed by atoms with van der Waals surface area (Å²) in [6.45, 7) is 0.590. The molecule has 0 atom stereocenters. The van der Waals surface area contributed by atoms with Gasteiger partial charge in [0.05, 0.1) is 12.2 Å². The van der Waals surface area contributed by atoms with Gasteiger partial charge in [-0.1, -0.05) is 11.6 Å². The zero-order valence-electron chi connectivity index (χ0n) is 8.20. The highest BCUT2D eigenvalue weighted by molar-refractivity contribution is 7.99. The van der Waals surface area contributed by atoms with Crippen LogP contribution in [0.3, 0.4) is 0 Å². The summed E-state index contributed by atoms with van der Waals surface area (Å²) in [4.78, 5) is 11.6. The quantitative estimate of drug-likeness (QED) is 0.641. The third-order valence-corrected chi connectivity index (χ3v) is 2.99. The van der Waals surface area contributed by atoms with Gasteiger partial charge in [0.2, 0.25) is 0 Å². The highest BCUT2D eigenvalue weighted by Gasteiger charge is 2.10. The van der Waals surface area contributed by atoms with Gasteiger partial charge in [-0.05, 0) is 18.2 Å². The molecule has 0 saturated carbocycles. The van der Waals surface area contributed by atoms with Crippen LogP contribution in [0.1, 0.15) is 10.4 Å². The van der Waals surface area contributed by atoms with Crippen molar-refractivity contribution in [2.24, 2.45) is 0 Å². The van der Waals surface area contributed by atoms with Gasteiger partial charge in [-0.15, -0.1) is 11.8 Å². The van der Waals surface area contributed by atoms with E-state index in [0.29, 0.717) is 16.5 Å². The first-order chi connectivity index (χ1) is 7.15. The molecule has 0 bridgehead atoms.